The maximum absolute atomic E-state index is 9.08. The molecule has 1 rings (SSSR count). The number of piperidine rings is 1. The highest BCUT2D eigenvalue weighted by molar-refractivity contribution is 7.84. The topological polar surface area (TPSA) is 61.6 Å². The minimum absolute atomic E-state index is 0.604. The summed E-state index contributed by atoms with van der Waals surface area (Å²) in [5, 5.41) is 0. The Morgan fingerprint density at radius 1 is 1.47 bits per heavy atom. The summed E-state index contributed by atoms with van der Waals surface area (Å²) in [4.78, 5) is 1.74. The lowest BCUT2D eigenvalue weighted by atomic mass is 9.94. The average Bonchev–Trinajstić information content (AvgIpc) is 2.01. The second kappa shape index (κ2) is 7.19. The highest BCUT2D eigenvalue weighted by atomic mass is 32.2. The summed E-state index contributed by atoms with van der Waals surface area (Å²) >= 11 is 0. The van der Waals surface area contributed by atoms with Crippen LogP contribution in [0.2, 0.25) is 0 Å². The van der Waals surface area contributed by atoms with Crippen LogP contribution in [0.15, 0.2) is 0 Å². The average molecular weight is 237 g/mol. The van der Waals surface area contributed by atoms with E-state index in [4.69, 9.17) is 13.0 Å². The van der Waals surface area contributed by atoms with Crippen LogP contribution in [-0.2, 0) is 10.1 Å². The smallest absolute Gasteiger partial charge is 0.0916 e. The summed E-state index contributed by atoms with van der Waals surface area (Å²) in [7, 11) is -1.60. The van der Waals surface area contributed by atoms with E-state index in [1.54, 1.807) is 4.90 Å². The Morgan fingerprint density at radius 3 is 2.40 bits per heavy atom. The number of hydrogen-bond donors (Lipinski definition) is 1. The zero-order valence-corrected chi connectivity index (χ0v) is 10.8. The Balaban J connectivity index is 0.000000336. The van der Waals surface area contributed by atoms with E-state index in [0.29, 0.717) is 6.26 Å². The van der Waals surface area contributed by atoms with Gasteiger partial charge in [-0.05, 0) is 19.3 Å². The molecule has 2 unspecified atom stereocenters. The van der Waals surface area contributed by atoms with Gasteiger partial charge >= 0.3 is 0 Å². The fourth-order valence-corrected chi connectivity index (χ4v) is 2.04. The molecule has 1 saturated heterocycles. The predicted molar refractivity (Wildman–Crippen MR) is 59.9 cm³/mol. The van der Waals surface area contributed by atoms with Gasteiger partial charge in [-0.15, -0.1) is 0 Å². The molecular formula is C10H23NO3S. The Kier molecular flexibility index (Phi) is 7.13. The van der Waals surface area contributed by atoms with Crippen molar-refractivity contribution in [2.75, 3.05) is 26.4 Å². The lowest BCUT2D eigenvalue weighted by molar-refractivity contribution is -0.888. The van der Waals surface area contributed by atoms with Crippen LogP contribution in [0.1, 0.15) is 32.6 Å². The van der Waals surface area contributed by atoms with Crippen molar-refractivity contribution in [3.8, 4) is 0 Å². The summed E-state index contributed by atoms with van der Waals surface area (Å²) in [6.07, 6.45) is 6.38. The third-order valence-corrected chi connectivity index (χ3v) is 2.55. The van der Waals surface area contributed by atoms with E-state index in [9.17, 15) is 0 Å². The van der Waals surface area contributed by atoms with Gasteiger partial charge in [-0.3, -0.25) is 0 Å². The normalized spacial score (nSPS) is 26.7. The lowest BCUT2D eigenvalue weighted by Crippen LogP contribution is -3.10. The molecule has 1 N–H and O–H groups in total. The summed E-state index contributed by atoms with van der Waals surface area (Å²) in [5.74, 6) is 1.04. The zero-order valence-electron chi connectivity index (χ0n) is 9.95. The minimum atomic E-state index is -3.92. The molecule has 0 saturated carbocycles. The molecule has 15 heavy (non-hydrogen) atoms. The first kappa shape index (κ1) is 14.9. The van der Waals surface area contributed by atoms with E-state index < -0.39 is 10.1 Å². The van der Waals surface area contributed by atoms with Crippen LogP contribution in [0.4, 0.5) is 0 Å². The van der Waals surface area contributed by atoms with E-state index >= 15 is 0 Å². The molecule has 1 aliphatic rings. The molecule has 92 valence electrons. The Morgan fingerprint density at radius 2 is 2.00 bits per heavy atom. The predicted octanol–water partition coefficient (Wildman–Crippen LogP) is -0.127. The standard InChI is InChI=1S/C9H19N.CH4O3S/c1-3-5-9-6-4-7-10(2)8-9;1-5(2,3)4/h9H,3-8H2,1-2H3;1H3,(H,2,3,4). The van der Waals surface area contributed by atoms with Gasteiger partial charge in [-0.1, -0.05) is 13.3 Å². The number of hydrogen-bond acceptors (Lipinski definition) is 3. The number of rotatable bonds is 2. The Labute approximate surface area is 93.4 Å². The van der Waals surface area contributed by atoms with Crippen LogP contribution < -0.4 is 4.90 Å². The van der Waals surface area contributed by atoms with Crippen LogP contribution >= 0.6 is 0 Å². The van der Waals surface area contributed by atoms with Crippen LogP contribution in [0.3, 0.4) is 0 Å². The molecule has 1 fully saturated rings. The molecule has 0 amide bonds. The quantitative estimate of drug-likeness (QED) is 0.681. The molecule has 2 atom stereocenters. The lowest BCUT2D eigenvalue weighted by Gasteiger charge is -2.26. The largest absolute Gasteiger partial charge is 0.748 e. The monoisotopic (exact) mass is 237 g/mol. The van der Waals surface area contributed by atoms with Crippen LogP contribution in [-0.4, -0.2) is 39.4 Å². The number of quaternary nitrogens is 1. The Bertz CT molecular complexity index is 241. The first-order valence-electron chi connectivity index (χ1n) is 5.55. The van der Waals surface area contributed by atoms with Gasteiger partial charge in [-0.2, -0.15) is 0 Å². The summed E-state index contributed by atoms with van der Waals surface area (Å²) in [5.41, 5.74) is 0. The molecule has 0 aromatic rings. The van der Waals surface area contributed by atoms with E-state index in [0.717, 1.165) is 5.92 Å². The third-order valence-electron chi connectivity index (χ3n) is 2.55. The molecule has 0 bridgehead atoms. The van der Waals surface area contributed by atoms with Gasteiger partial charge in [0.25, 0.3) is 0 Å². The summed E-state index contributed by atoms with van der Waals surface area (Å²) in [6, 6.07) is 0. The van der Waals surface area contributed by atoms with Crippen molar-refractivity contribution in [2.45, 2.75) is 32.6 Å². The maximum Gasteiger partial charge on any atom is 0.0916 e. The van der Waals surface area contributed by atoms with Crippen molar-refractivity contribution in [1.82, 2.24) is 0 Å². The number of likely N-dealkylation sites (tertiary alicyclic amines) is 1. The van der Waals surface area contributed by atoms with Crippen molar-refractivity contribution < 1.29 is 17.9 Å². The van der Waals surface area contributed by atoms with Gasteiger partial charge in [-0.25, -0.2) is 8.42 Å². The van der Waals surface area contributed by atoms with E-state index in [-0.39, 0.29) is 0 Å². The molecule has 0 radical (unpaired) electrons. The van der Waals surface area contributed by atoms with Gasteiger partial charge in [0.15, 0.2) is 0 Å². The summed E-state index contributed by atoms with van der Waals surface area (Å²) in [6.45, 7) is 5.12. The zero-order chi connectivity index (χ0) is 11.9. The van der Waals surface area contributed by atoms with Crippen LogP contribution in [0.25, 0.3) is 0 Å². The summed E-state index contributed by atoms with van der Waals surface area (Å²) < 4.78 is 27.2. The maximum atomic E-state index is 9.08. The van der Waals surface area contributed by atoms with Crippen molar-refractivity contribution in [2.24, 2.45) is 5.92 Å². The molecule has 5 heteroatoms. The molecular weight excluding hydrogens is 214 g/mol. The van der Waals surface area contributed by atoms with Gasteiger partial charge < -0.3 is 9.45 Å². The van der Waals surface area contributed by atoms with Crippen LogP contribution in [0.5, 0.6) is 0 Å². The molecule has 0 spiro atoms. The van der Waals surface area contributed by atoms with Gasteiger partial charge in [0.1, 0.15) is 0 Å². The van der Waals surface area contributed by atoms with Crippen molar-refractivity contribution in [1.29, 1.82) is 0 Å². The molecule has 0 aromatic heterocycles. The van der Waals surface area contributed by atoms with E-state index in [1.165, 1.54) is 38.8 Å². The second-order valence-corrected chi connectivity index (χ2v) is 5.82. The molecule has 0 aromatic carbocycles. The van der Waals surface area contributed by atoms with E-state index in [2.05, 4.69) is 14.0 Å². The minimum Gasteiger partial charge on any atom is -0.748 e. The van der Waals surface area contributed by atoms with Crippen LogP contribution in [0, 0.1) is 5.92 Å². The molecule has 0 aliphatic carbocycles. The first-order valence-corrected chi connectivity index (χ1v) is 7.36. The Hall–Kier alpha value is -0.130. The van der Waals surface area contributed by atoms with Crippen molar-refractivity contribution in [3.05, 3.63) is 0 Å². The van der Waals surface area contributed by atoms with Gasteiger partial charge in [0.05, 0.1) is 30.3 Å². The number of nitrogens with one attached hydrogen (secondary N) is 1. The molecule has 1 heterocycles. The second-order valence-electron chi connectivity index (χ2n) is 4.41. The highest BCUT2D eigenvalue weighted by Gasteiger charge is 2.18. The fraction of sp³-hybridized carbons (Fsp3) is 1.00. The van der Waals surface area contributed by atoms with Crippen molar-refractivity contribution >= 4 is 10.1 Å². The first-order chi connectivity index (χ1) is 6.83. The molecule has 4 nitrogen and oxygen atoms in total. The van der Waals surface area contributed by atoms with E-state index in [1.807, 2.05) is 0 Å². The van der Waals surface area contributed by atoms with Crippen molar-refractivity contribution in [3.63, 3.8) is 0 Å². The fourth-order valence-electron chi connectivity index (χ4n) is 2.04. The van der Waals surface area contributed by atoms with Gasteiger partial charge in [0.2, 0.25) is 0 Å². The van der Waals surface area contributed by atoms with Gasteiger partial charge in [0, 0.05) is 12.2 Å². The third kappa shape index (κ3) is 11.8. The molecule has 1 aliphatic heterocycles. The SMILES string of the molecule is CCCC1CCC[NH+](C)C1.CS(=O)(=O)[O-]. The highest BCUT2D eigenvalue weighted by Crippen LogP contribution is 2.12.